The van der Waals surface area contributed by atoms with Gasteiger partial charge in [0.25, 0.3) is 0 Å². The smallest absolute Gasteiger partial charge is 0.220 e. The molecule has 1 N–H and O–H groups in total. The van der Waals surface area contributed by atoms with Crippen LogP contribution in [0.4, 0.5) is 0 Å². The highest BCUT2D eigenvalue weighted by Crippen LogP contribution is 2.36. The molecule has 1 amide bonds. The second-order valence-corrected chi connectivity index (χ2v) is 7.65. The molecule has 0 saturated carbocycles. The molecule has 1 saturated heterocycles. The zero-order chi connectivity index (χ0) is 16.9. The maximum Gasteiger partial charge on any atom is 0.220 e. The molecular weight excluding hydrogens is 320 g/mol. The van der Waals surface area contributed by atoms with Crippen LogP contribution in [0.3, 0.4) is 0 Å². The van der Waals surface area contributed by atoms with Crippen LogP contribution in [0.15, 0.2) is 29.9 Å². The largest absolute Gasteiger partial charge is 0.356 e. The lowest BCUT2D eigenvalue weighted by molar-refractivity contribution is -0.121. The molecule has 1 fully saturated rings. The van der Waals surface area contributed by atoms with Gasteiger partial charge < -0.3 is 5.32 Å². The van der Waals surface area contributed by atoms with Crippen LogP contribution >= 0.6 is 11.3 Å². The molecule has 130 valence electrons. The molecular formula is C18H26N4OS. The maximum absolute atomic E-state index is 12.2. The number of rotatable bonds is 6. The molecule has 0 aromatic carbocycles. The van der Waals surface area contributed by atoms with Crippen molar-refractivity contribution in [2.24, 2.45) is 13.0 Å². The first-order chi connectivity index (χ1) is 11.6. The first-order valence-corrected chi connectivity index (χ1v) is 9.49. The van der Waals surface area contributed by atoms with Crippen LogP contribution in [-0.2, 0) is 18.3 Å². The second-order valence-electron chi connectivity index (χ2n) is 6.67. The molecule has 3 heterocycles. The Hall–Kier alpha value is -1.66. The van der Waals surface area contributed by atoms with Gasteiger partial charge in [-0.1, -0.05) is 6.07 Å². The SMILES string of the molecule is CN1CCC[C@@H](CNC(=O)CCc2cnn(C)c2)[C@@H]1c1cccs1. The van der Waals surface area contributed by atoms with E-state index in [0.717, 1.165) is 25.1 Å². The van der Waals surface area contributed by atoms with E-state index in [0.29, 0.717) is 18.4 Å². The van der Waals surface area contributed by atoms with Crippen LogP contribution < -0.4 is 5.32 Å². The number of carbonyl (C=O) groups excluding carboxylic acids is 1. The van der Waals surface area contributed by atoms with Crippen molar-refractivity contribution in [3.8, 4) is 0 Å². The highest BCUT2D eigenvalue weighted by molar-refractivity contribution is 7.10. The molecule has 5 nitrogen and oxygen atoms in total. The van der Waals surface area contributed by atoms with E-state index in [-0.39, 0.29) is 5.91 Å². The molecule has 0 unspecified atom stereocenters. The molecule has 2 atom stereocenters. The Balaban J connectivity index is 1.51. The van der Waals surface area contributed by atoms with Gasteiger partial charge in [-0.05, 0) is 55.8 Å². The number of carbonyl (C=O) groups is 1. The third kappa shape index (κ3) is 4.24. The molecule has 3 rings (SSSR count). The molecule has 2 aromatic heterocycles. The minimum absolute atomic E-state index is 0.136. The Kier molecular flexibility index (Phi) is 5.68. The Bertz CT molecular complexity index is 652. The lowest BCUT2D eigenvalue weighted by Crippen LogP contribution is -2.41. The number of nitrogens with zero attached hydrogens (tertiary/aromatic N) is 3. The number of amides is 1. The molecule has 24 heavy (non-hydrogen) atoms. The van der Waals surface area contributed by atoms with E-state index in [2.05, 4.69) is 39.9 Å². The summed E-state index contributed by atoms with van der Waals surface area (Å²) in [5, 5.41) is 9.44. The highest BCUT2D eigenvalue weighted by Gasteiger charge is 2.31. The normalized spacial score (nSPS) is 21.8. The van der Waals surface area contributed by atoms with Gasteiger partial charge in [0.2, 0.25) is 5.91 Å². The van der Waals surface area contributed by atoms with E-state index in [4.69, 9.17) is 0 Å². The van der Waals surface area contributed by atoms with Gasteiger partial charge in [-0.15, -0.1) is 11.3 Å². The van der Waals surface area contributed by atoms with Crippen molar-refractivity contribution in [2.75, 3.05) is 20.1 Å². The number of thiophene rings is 1. The fraction of sp³-hybridized carbons (Fsp3) is 0.556. The van der Waals surface area contributed by atoms with Crippen molar-refractivity contribution in [1.82, 2.24) is 20.0 Å². The molecule has 0 radical (unpaired) electrons. The zero-order valence-corrected chi connectivity index (χ0v) is 15.3. The molecule has 1 aliphatic heterocycles. The Labute approximate surface area is 147 Å². The number of hydrogen-bond donors (Lipinski definition) is 1. The van der Waals surface area contributed by atoms with Crippen molar-refractivity contribution in [1.29, 1.82) is 0 Å². The summed E-state index contributed by atoms with van der Waals surface area (Å²) in [6.07, 6.45) is 7.45. The van der Waals surface area contributed by atoms with Crippen LogP contribution in [0.5, 0.6) is 0 Å². The van der Waals surface area contributed by atoms with Gasteiger partial charge in [-0.3, -0.25) is 14.4 Å². The predicted molar refractivity (Wildman–Crippen MR) is 97.0 cm³/mol. The van der Waals surface area contributed by atoms with Crippen LogP contribution in [0.2, 0.25) is 0 Å². The summed E-state index contributed by atoms with van der Waals surface area (Å²) in [5.41, 5.74) is 1.11. The third-order valence-corrected chi connectivity index (χ3v) is 5.75. The van der Waals surface area contributed by atoms with Gasteiger partial charge in [-0.25, -0.2) is 0 Å². The minimum Gasteiger partial charge on any atom is -0.356 e. The minimum atomic E-state index is 0.136. The lowest BCUT2D eigenvalue weighted by atomic mass is 9.88. The Morgan fingerprint density at radius 3 is 3.04 bits per heavy atom. The maximum atomic E-state index is 12.2. The lowest BCUT2D eigenvalue weighted by Gasteiger charge is -2.38. The second kappa shape index (κ2) is 7.94. The van der Waals surface area contributed by atoms with E-state index in [1.54, 1.807) is 4.68 Å². The highest BCUT2D eigenvalue weighted by atomic mass is 32.1. The number of aryl methyl sites for hydroxylation is 2. The summed E-state index contributed by atoms with van der Waals surface area (Å²) in [5.74, 6) is 0.627. The molecule has 0 spiro atoms. The average Bonchev–Trinajstić information content (AvgIpc) is 3.22. The Morgan fingerprint density at radius 1 is 1.46 bits per heavy atom. The van der Waals surface area contributed by atoms with E-state index in [9.17, 15) is 4.79 Å². The first kappa shape index (κ1) is 17.2. The standard InChI is InChI=1S/C18H26N4OS/c1-21-9-3-5-15(18(21)16-6-4-10-24-16)12-19-17(23)8-7-14-11-20-22(2)13-14/h4,6,10-11,13,15,18H,3,5,7-9,12H2,1-2H3,(H,19,23)/t15-,18+/m0/s1. The van der Waals surface area contributed by atoms with Crippen molar-refractivity contribution >= 4 is 17.2 Å². The zero-order valence-electron chi connectivity index (χ0n) is 14.4. The van der Waals surface area contributed by atoms with Crippen molar-refractivity contribution in [2.45, 2.75) is 31.7 Å². The van der Waals surface area contributed by atoms with Crippen molar-refractivity contribution in [3.05, 3.63) is 40.3 Å². The topological polar surface area (TPSA) is 50.2 Å². The number of piperidine rings is 1. The molecule has 1 aliphatic rings. The number of hydrogen-bond acceptors (Lipinski definition) is 4. The van der Waals surface area contributed by atoms with Crippen LogP contribution in [0.1, 0.15) is 35.7 Å². The fourth-order valence-electron chi connectivity index (χ4n) is 3.57. The van der Waals surface area contributed by atoms with Gasteiger partial charge in [0.1, 0.15) is 0 Å². The summed E-state index contributed by atoms with van der Waals surface area (Å²) in [6.45, 7) is 1.90. The third-order valence-electron chi connectivity index (χ3n) is 4.80. The van der Waals surface area contributed by atoms with Crippen LogP contribution in [-0.4, -0.2) is 40.7 Å². The quantitative estimate of drug-likeness (QED) is 0.875. The van der Waals surface area contributed by atoms with Crippen molar-refractivity contribution < 1.29 is 4.79 Å². The summed E-state index contributed by atoms with van der Waals surface area (Å²) in [6, 6.07) is 4.76. The van der Waals surface area contributed by atoms with Crippen molar-refractivity contribution in [3.63, 3.8) is 0 Å². The molecule has 0 bridgehead atoms. The summed E-state index contributed by atoms with van der Waals surface area (Å²) >= 11 is 1.82. The van der Waals surface area contributed by atoms with Gasteiger partial charge in [-0.2, -0.15) is 5.10 Å². The van der Waals surface area contributed by atoms with Gasteiger partial charge >= 0.3 is 0 Å². The number of nitrogens with one attached hydrogen (secondary N) is 1. The summed E-state index contributed by atoms with van der Waals surface area (Å²) < 4.78 is 1.77. The van der Waals surface area contributed by atoms with Gasteiger partial charge in [0.05, 0.1) is 6.20 Å². The number of aromatic nitrogens is 2. The van der Waals surface area contributed by atoms with Crippen LogP contribution in [0, 0.1) is 5.92 Å². The fourth-order valence-corrected chi connectivity index (χ4v) is 4.56. The number of likely N-dealkylation sites (tertiary alicyclic amines) is 1. The average molecular weight is 346 g/mol. The van der Waals surface area contributed by atoms with E-state index in [1.807, 2.05) is 30.8 Å². The van der Waals surface area contributed by atoms with E-state index < -0.39 is 0 Å². The summed E-state index contributed by atoms with van der Waals surface area (Å²) in [4.78, 5) is 16.0. The molecule has 6 heteroatoms. The van der Waals surface area contributed by atoms with E-state index >= 15 is 0 Å². The molecule has 2 aromatic rings. The first-order valence-electron chi connectivity index (χ1n) is 8.61. The van der Waals surface area contributed by atoms with E-state index in [1.165, 1.54) is 17.7 Å². The molecule has 0 aliphatic carbocycles. The van der Waals surface area contributed by atoms with Crippen LogP contribution in [0.25, 0.3) is 0 Å². The Morgan fingerprint density at radius 2 is 2.33 bits per heavy atom. The monoisotopic (exact) mass is 346 g/mol. The predicted octanol–water partition coefficient (Wildman–Crippen LogP) is 2.61. The van der Waals surface area contributed by atoms with Gasteiger partial charge in [0, 0.05) is 37.1 Å². The summed E-state index contributed by atoms with van der Waals surface area (Å²) in [7, 11) is 4.09. The van der Waals surface area contributed by atoms with Gasteiger partial charge in [0.15, 0.2) is 0 Å².